The fourth-order valence-electron chi connectivity index (χ4n) is 8.69. The number of thiophene rings is 4. The van der Waals surface area contributed by atoms with Crippen LogP contribution in [0.3, 0.4) is 0 Å². The minimum Gasteiger partial charge on any atom is -0.199 e. The molecular weight excluding hydrogens is 677 g/mol. The molecule has 8 heteroatoms. The van der Waals surface area contributed by atoms with E-state index in [9.17, 15) is 0 Å². The van der Waals surface area contributed by atoms with Crippen molar-refractivity contribution in [3.63, 3.8) is 0 Å². The highest BCUT2D eigenvalue weighted by Gasteiger charge is 2.71. The predicted molar refractivity (Wildman–Crippen MR) is 207 cm³/mol. The number of aryl methyl sites for hydroxylation is 4. The van der Waals surface area contributed by atoms with Crippen LogP contribution in [-0.4, -0.2) is 29.7 Å². The van der Waals surface area contributed by atoms with Crippen molar-refractivity contribution in [1.82, 2.24) is 9.13 Å². The summed E-state index contributed by atoms with van der Waals surface area (Å²) in [5, 5.41) is 2.34. The van der Waals surface area contributed by atoms with Gasteiger partial charge >= 0.3 is 5.91 Å². The van der Waals surface area contributed by atoms with Gasteiger partial charge in [0.15, 0.2) is 0 Å². The number of hydrogen-bond acceptors (Lipinski definition) is 4. The summed E-state index contributed by atoms with van der Waals surface area (Å²) < 4.78 is 34.7. The normalized spacial score (nSPS) is 21.3. The van der Waals surface area contributed by atoms with Crippen LogP contribution in [-0.2, 0) is 5.91 Å². The van der Waals surface area contributed by atoms with Crippen molar-refractivity contribution in [2.75, 3.05) is 0 Å². The van der Waals surface area contributed by atoms with E-state index in [0.29, 0.717) is 4.88 Å². The van der Waals surface area contributed by atoms with Crippen LogP contribution in [0.15, 0.2) is 84.2 Å². The SMILES string of the molecule is [2H]C([2H])([2H])c1ccc(C2=CC3=[N+]4C2=Cc2cc(-c5ccc(C)s5)c5n2C42n4c(cc(-c6ccc(C)s6)c4=C3)=CC3=[N+]2C(=C5)C=C3c2ccc(C)s2)s1. The third-order valence-corrected chi connectivity index (χ3v) is 14.5. The molecule has 234 valence electrons. The Morgan fingerprint density at radius 2 is 1.29 bits per heavy atom. The van der Waals surface area contributed by atoms with Crippen molar-refractivity contribution < 1.29 is 13.3 Å². The molecule has 6 aliphatic rings. The summed E-state index contributed by atoms with van der Waals surface area (Å²) in [6.07, 6.45) is 14.1. The number of hydrogen-bond donors (Lipinski definition) is 0. The third kappa shape index (κ3) is 3.25. The maximum atomic E-state index is 8.17. The van der Waals surface area contributed by atoms with Crippen LogP contribution in [0.4, 0.5) is 0 Å². The van der Waals surface area contributed by atoms with Crippen molar-refractivity contribution in [2.45, 2.75) is 33.5 Å². The lowest BCUT2D eigenvalue weighted by Crippen LogP contribution is -2.69. The number of rotatable bonds is 4. The second-order valence-corrected chi connectivity index (χ2v) is 18.3. The molecule has 6 aromatic rings. The molecule has 0 fully saturated rings. The Morgan fingerprint density at radius 3 is 1.98 bits per heavy atom. The molecule has 0 N–H and O–H groups in total. The van der Waals surface area contributed by atoms with E-state index in [1.54, 1.807) is 6.07 Å². The van der Waals surface area contributed by atoms with E-state index in [-0.39, 0.29) is 0 Å². The zero-order valence-corrected chi connectivity index (χ0v) is 29.9. The van der Waals surface area contributed by atoms with E-state index in [1.165, 1.54) is 74.1 Å². The van der Waals surface area contributed by atoms with E-state index in [4.69, 9.17) is 4.11 Å². The monoisotopic (exact) mass is 707 g/mol. The summed E-state index contributed by atoms with van der Waals surface area (Å²) in [6, 6.07) is 22.0. The van der Waals surface area contributed by atoms with E-state index in [2.05, 4.69) is 124 Å². The first kappa shape index (κ1) is 24.5. The van der Waals surface area contributed by atoms with E-state index < -0.39 is 12.8 Å². The minimum absolute atomic E-state index is 0.409. The molecule has 12 heterocycles. The molecule has 0 radical (unpaired) electrons. The highest BCUT2D eigenvalue weighted by Crippen LogP contribution is 2.52. The number of allylic oxidation sites excluding steroid dienone is 4. The number of nitrogens with zero attached hydrogens (tertiary/aromatic N) is 4. The van der Waals surface area contributed by atoms with E-state index in [0.717, 1.165) is 38.6 Å². The first-order valence-corrected chi connectivity index (χ1v) is 19.6. The largest absolute Gasteiger partial charge is 0.553 e. The lowest BCUT2D eigenvalue weighted by atomic mass is 10.1. The van der Waals surface area contributed by atoms with E-state index in [1.807, 2.05) is 40.1 Å². The molecule has 1 spiro atoms. The van der Waals surface area contributed by atoms with Gasteiger partial charge in [-0.3, -0.25) is 0 Å². The van der Waals surface area contributed by atoms with Crippen LogP contribution in [0, 0.1) is 27.6 Å². The third-order valence-electron chi connectivity index (χ3n) is 10.5. The first-order valence-electron chi connectivity index (χ1n) is 17.8. The van der Waals surface area contributed by atoms with Crippen molar-refractivity contribution in [3.8, 4) is 20.9 Å². The average molecular weight is 708 g/mol. The molecule has 49 heavy (non-hydrogen) atoms. The molecule has 0 aromatic carbocycles. The Labute approximate surface area is 303 Å². The smallest absolute Gasteiger partial charge is 0.199 e. The lowest BCUT2D eigenvalue weighted by molar-refractivity contribution is -0.833. The van der Waals surface area contributed by atoms with Crippen LogP contribution in [0.5, 0.6) is 0 Å². The molecule has 1 unspecified atom stereocenters. The van der Waals surface area contributed by atoms with Crippen molar-refractivity contribution in [2.24, 2.45) is 0 Å². The zero-order valence-electron chi connectivity index (χ0n) is 29.7. The molecule has 0 aliphatic carbocycles. The molecule has 6 aromatic heterocycles. The summed E-state index contributed by atoms with van der Waals surface area (Å²) in [6.45, 7) is 4.38. The van der Waals surface area contributed by atoms with Crippen molar-refractivity contribution in [1.29, 1.82) is 0 Å². The quantitative estimate of drug-likeness (QED) is 0.163. The summed E-state index contributed by atoms with van der Waals surface area (Å²) in [7, 11) is 0. The molecule has 0 saturated heterocycles. The Morgan fingerprint density at radius 1 is 0.612 bits per heavy atom. The van der Waals surface area contributed by atoms with Gasteiger partial charge in [0.1, 0.15) is 0 Å². The fourth-order valence-corrected chi connectivity index (χ4v) is 12.1. The van der Waals surface area contributed by atoms with Crippen molar-refractivity contribution >= 4 is 92.2 Å². The van der Waals surface area contributed by atoms with Gasteiger partial charge in [-0.2, -0.15) is 9.13 Å². The molecule has 12 rings (SSSR count). The predicted octanol–water partition coefficient (Wildman–Crippen LogP) is 8.62. The van der Waals surface area contributed by atoms with Gasteiger partial charge in [-0.05, 0) is 88.3 Å². The van der Waals surface area contributed by atoms with Gasteiger partial charge in [0.05, 0.1) is 33.2 Å². The molecule has 1 atom stereocenters. The highest BCUT2D eigenvalue weighted by atomic mass is 32.1. The molecule has 0 saturated carbocycles. The molecule has 4 nitrogen and oxygen atoms in total. The van der Waals surface area contributed by atoms with Gasteiger partial charge in [-0.1, -0.05) is 9.15 Å². The van der Waals surface area contributed by atoms with Gasteiger partial charge in [0.2, 0.25) is 22.8 Å². The topological polar surface area (TPSA) is 15.9 Å². The van der Waals surface area contributed by atoms with Crippen LogP contribution in [0.1, 0.15) is 44.8 Å². The molecule has 0 amide bonds. The Balaban J connectivity index is 1.24. The average Bonchev–Trinajstić information content (AvgIpc) is 3.94. The summed E-state index contributed by atoms with van der Waals surface area (Å²) >= 11 is 6.89. The second kappa shape index (κ2) is 8.94. The summed E-state index contributed by atoms with van der Waals surface area (Å²) in [4.78, 5) is 9.00. The van der Waals surface area contributed by atoms with Crippen LogP contribution in [0.25, 0.3) is 56.3 Å². The molecule has 6 aliphatic heterocycles. The Hall–Kier alpha value is -4.60. The highest BCUT2D eigenvalue weighted by molar-refractivity contribution is 7.16. The number of aromatic nitrogens is 2. The Kier molecular flexibility index (Phi) is 4.48. The van der Waals surface area contributed by atoms with Gasteiger partial charge < -0.3 is 0 Å². The standard InChI is InChI=1S/C41H28N4S4/c1-21-5-9-37(46-21)29-13-25-18-34-31(39-11-7-23(3)48-39)15-27-20-36-32(40-12-8-24(4)49-40)16-28-19-35-30(38-10-6-22(2)47-38)14-26-17-33(29)42(25)41(43(26)35,44(27)34)45(28)36/h5-20H,1-4H3/q+2/i1D3. The van der Waals surface area contributed by atoms with Crippen LogP contribution in [0.2, 0.25) is 0 Å². The second-order valence-electron chi connectivity index (χ2n) is 13.4. The van der Waals surface area contributed by atoms with Gasteiger partial charge in [-0.15, -0.1) is 45.3 Å². The fraction of sp³-hybridized carbons (Fsp3) is 0.122. The first-order chi connectivity index (χ1) is 25.1. The van der Waals surface area contributed by atoms with Crippen LogP contribution < -0.4 is 10.7 Å². The lowest BCUT2D eigenvalue weighted by Gasteiger charge is -2.37. The summed E-state index contributed by atoms with van der Waals surface area (Å²) in [5.74, 6) is -0.834. The van der Waals surface area contributed by atoms with Gasteiger partial charge in [0, 0.05) is 90.7 Å². The minimum atomic E-state index is -2.16. The van der Waals surface area contributed by atoms with Gasteiger partial charge in [0.25, 0.3) is 0 Å². The van der Waals surface area contributed by atoms with Gasteiger partial charge in [-0.25, -0.2) is 0 Å². The van der Waals surface area contributed by atoms with E-state index >= 15 is 0 Å². The maximum Gasteiger partial charge on any atom is 0.553 e. The van der Waals surface area contributed by atoms with Crippen LogP contribution >= 0.6 is 45.3 Å². The zero-order chi connectivity index (χ0) is 35.0. The molecule has 0 bridgehead atoms. The summed E-state index contributed by atoms with van der Waals surface area (Å²) in [5.41, 5.74) is 11.6. The van der Waals surface area contributed by atoms with Crippen molar-refractivity contribution in [3.05, 3.63) is 136 Å². The Bertz CT molecular complexity index is 3040. The maximum absolute atomic E-state index is 8.17. The molecular formula is C41H28N4S4+2.